The highest BCUT2D eigenvalue weighted by molar-refractivity contribution is 7.09. The van der Waals surface area contributed by atoms with Crippen LogP contribution in [0.5, 0.6) is 0 Å². The number of aryl methyl sites for hydroxylation is 1. The van der Waals surface area contributed by atoms with Crippen molar-refractivity contribution in [1.29, 1.82) is 0 Å². The lowest BCUT2D eigenvalue weighted by molar-refractivity contribution is 0.504. The summed E-state index contributed by atoms with van der Waals surface area (Å²) in [6, 6.07) is 4.17. The molecule has 0 aromatic carbocycles. The molecule has 2 aromatic rings. The third kappa shape index (κ3) is 3.41. The minimum atomic E-state index is 0.650. The van der Waals surface area contributed by atoms with Crippen molar-refractivity contribution in [2.24, 2.45) is 4.99 Å². The van der Waals surface area contributed by atoms with Crippen LogP contribution in [0.1, 0.15) is 29.4 Å². The zero-order valence-corrected chi connectivity index (χ0v) is 13.0. The van der Waals surface area contributed by atoms with E-state index in [9.17, 15) is 0 Å². The topological polar surface area (TPSA) is 67.1 Å². The van der Waals surface area contributed by atoms with Crippen LogP contribution >= 0.6 is 11.3 Å². The van der Waals surface area contributed by atoms with Crippen LogP contribution in [-0.2, 0) is 26.1 Å². The Morgan fingerprint density at radius 3 is 3.05 bits per heavy atom. The second kappa shape index (κ2) is 6.71. The first kappa shape index (κ1) is 14.1. The summed E-state index contributed by atoms with van der Waals surface area (Å²) < 4.78 is 2.23. The van der Waals surface area contributed by atoms with Gasteiger partial charge in [0.1, 0.15) is 5.82 Å². The van der Waals surface area contributed by atoms with Gasteiger partial charge in [-0.2, -0.15) is 0 Å². The van der Waals surface area contributed by atoms with Gasteiger partial charge >= 0.3 is 0 Å². The van der Waals surface area contributed by atoms with Gasteiger partial charge in [-0.1, -0.05) is 6.07 Å². The molecule has 0 bridgehead atoms. The summed E-state index contributed by atoms with van der Waals surface area (Å²) in [5, 5.41) is 17.2. The molecule has 2 N–H and O–H groups in total. The lowest BCUT2D eigenvalue weighted by Crippen LogP contribution is -2.37. The highest BCUT2D eigenvalue weighted by atomic mass is 32.1. The normalized spacial score (nSPS) is 14.8. The van der Waals surface area contributed by atoms with Crippen LogP contribution in [0.15, 0.2) is 22.5 Å². The van der Waals surface area contributed by atoms with Crippen LogP contribution < -0.4 is 10.6 Å². The van der Waals surface area contributed by atoms with E-state index < -0.39 is 0 Å². The van der Waals surface area contributed by atoms with Crippen molar-refractivity contribution in [2.75, 3.05) is 7.05 Å². The zero-order valence-electron chi connectivity index (χ0n) is 12.2. The molecule has 1 aliphatic heterocycles. The third-order valence-electron chi connectivity index (χ3n) is 3.58. The summed E-state index contributed by atoms with van der Waals surface area (Å²) in [7, 11) is 1.78. The highest BCUT2D eigenvalue weighted by Crippen LogP contribution is 2.14. The monoisotopic (exact) mass is 304 g/mol. The van der Waals surface area contributed by atoms with E-state index in [1.54, 1.807) is 18.4 Å². The standard InChI is InChI=1S/C14H20N6S/c1-15-14(16-9-11-5-4-8-21-11)17-10-13-19-18-12-6-2-3-7-20(12)13/h4-5,8H,2-3,6-7,9-10H2,1H3,(H2,15,16,17). The van der Waals surface area contributed by atoms with Crippen LogP contribution in [0, 0.1) is 0 Å². The van der Waals surface area contributed by atoms with Crippen molar-refractivity contribution in [3.8, 4) is 0 Å². The van der Waals surface area contributed by atoms with E-state index in [2.05, 4.69) is 47.9 Å². The molecule has 3 rings (SSSR count). The molecule has 0 fully saturated rings. The summed E-state index contributed by atoms with van der Waals surface area (Å²) in [5.41, 5.74) is 0. The van der Waals surface area contributed by atoms with Gasteiger partial charge in [0, 0.05) is 24.9 Å². The molecule has 0 atom stereocenters. The van der Waals surface area contributed by atoms with E-state index >= 15 is 0 Å². The van der Waals surface area contributed by atoms with Crippen molar-refractivity contribution in [3.05, 3.63) is 34.0 Å². The van der Waals surface area contributed by atoms with Gasteiger partial charge in [0.2, 0.25) is 0 Å². The van der Waals surface area contributed by atoms with E-state index in [0.717, 1.165) is 37.1 Å². The van der Waals surface area contributed by atoms with Crippen LogP contribution in [0.2, 0.25) is 0 Å². The number of guanidine groups is 1. The number of aromatic nitrogens is 3. The van der Waals surface area contributed by atoms with Gasteiger partial charge in [-0.25, -0.2) is 0 Å². The Kier molecular flexibility index (Phi) is 4.49. The van der Waals surface area contributed by atoms with Crippen LogP contribution in [0.4, 0.5) is 0 Å². The predicted octanol–water partition coefficient (Wildman–Crippen LogP) is 1.54. The van der Waals surface area contributed by atoms with Gasteiger partial charge in [0.15, 0.2) is 11.8 Å². The summed E-state index contributed by atoms with van der Waals surface area (Å²) in [5.74, 6) is 2.89. The fourth-order valence-electron chi connectivity index (χ4n) is 2.47. The maximum Gasteiger partial charge on any atom is 0.191 e. The van der Waals surface area contributed by atoms with Crippen molar-refractivity contribution in [1.82, 2.24) is 25.4 Å². The molecule has 0 saturated carbocycles. The zero-order chi connectivity index (χ0) is 14.5. The Balaban J connectivity index is 1.54. The summed E-state index contributed by atoms with van der Waals surface area (Å²) >= 11 is 1.74. The average molecular weight is 304 g/mol. The van der Waals surface area contributed by atoms with Gasteiger partial charge in [-0.15, -0.1) is 21.5 Å². The summed E-state index contributed by atoms with van der Waals surface area (Å²) in [4.78, 5) is 5.53. The number of hydrogen-bond donors (Lipinski definition) is 2. The molecule has 112 valence electrons. The van der Waals surface area contributed by atoms with Gasteiger partial charge in [0.25, 0.3) is 0 Å². The molecule has 0 amide bonds. The van der Waals surface area contributed by atoms with Crippen LogP contribution in [-0.4, -0.2) is 27.8 Å². The Hall–Kier alpha value is -1.89. The largest absolute Gasteiger partial charge is 0.352 e. The van der Waals surface area contributed by atoms with Gasteiger partial charge < -0.3 is 15.2 Å². The number of thiophene rings is 1. The molecular weight excluding hydrogens is 284 g/mol. The van der Waals surface area contributed by atoms with E-state index in [4.69, 9.17) is 0 Å². The molecule has 6 nitrogen and oxygen atoms in total. The molecule has 7 heteroatoms. The van der Waals surface area contributed by atoms with Gasteiger partial charge in [0.05, 0.1) is 13.1 Å². The Bertz CT molecular complexity index is 601. The maximum atomic E-state index is 4.28. The smallest absolute Gasteiger partial charge is 0.191 e. The molecule has 0 radical (unpaired) electrons. The fourth-order valence-corrected chi connectivity index (χ4v) is 3.11. The second-order valence-corrected chi connectivity index (χ2v) is 6.03. The Morgan fingerprint density at radius 2 is 2.24 bits per heavy atom. The quantitative estimate of drug-likeness (QED) is 0.664. The minimum absolute atomic E-state index is 0.650. The number of aliphatic imine (C=N–C) groups is 1. The molecular formula is C14H20N6S. The second-order valence-electron chi connectivity index (χ2n) is 5.00. The SMILES string of the molecule is CN=C(NCc1cccs1)NCc1nnc2n1CCCC2. The number of rotatable bonds is 4. The lowest BCUT2D eigenvalue weighted by atomic mass is 10.2. The Morgan fingerprint density at radius 1 is 1.33 bits per heavy atom. The van der Waals surface area contributed by atoms with E-state index in [-0.39, 0.29) is 0 Å². The molecule has 3 heterocycles. The van der Waals surface area contributed by atoms with E-state index in [1.807, 2.05) is 0 Å². The van der Waals surface area contributed by atoms with Crippen molar-refractivity contribution in [2.45, 2.75) is 38.9 Å². The molecule has 21 heavy (non-hydrogen) atoms. The third-order valence-corrected chi connectivity index (χ3v) is 4.46. The van der Waals surface area contributed by atoms with Crippen LogP contribution in [0.25, 0.3) is 0 Å². The lowest BCUT2D eigenvalue weighted by Gasteiger charge is -2.16. The van der Waals surface area contributed by atoms with Crippen LogP contribution in [0.3, 0.4) is 0 Å². The van der Waals surface area contributed by atoms with E-state index in [0.29, 0.717) is 6.54 Å². The first-order valence-electron chi connectivity index (χ1n) is 7.24. The highest BCUT2D eigenvalue weighted by Gasteiger charge is 2.15. The van der Waals surface area contributed by atoms with Gasteiger partial charge in [-0.05, 0) is 24.3 Å². The molecule has 1 aliphatic rings. The molecule has 0 aliphatic carbocycles. The summed E-state index contributed by atoms with van der Waals surface area (Å²) in [6.07, 6.45) is 3.47. The molecule has 0 spiro atoms. The number of nitrogens with one attached hydrogen (secondary N) is 2. The number of hydrogen-bond acceptors (Lipinski definition) is 4. The first-order chi connectivity index (χ1) is 10.4. The minimum Gasteiger partial charge on any atom is -0.352 e. The first-order valence-corrected chi connectivity index (χ1v) is 8.12. The molecule has 2 aromatic heterocycles. The Labute approximate surface area is 128 Å². The molecule has 0 unspecified atom stereocenters. The maximum absolute atomic E-state index is 4.28. The average Bonchev–Trinajstić information content (AvgIpc) is 3.17. The molecule has 0 saturated heterocycles. The fraction of sp³-hybridized carbons (Fsp3) is 0.500. The van der Waals surface area contributed by atoms with Crippen molar-refractivity contribution in [3.63, 3.8) is 0 Å². The number of nitrogens with zero attached hydrogens (tertiary/aromatic N) is 4. The van der Waals surface area contributed by atoms with Crippen molar-refractivity contribution >= 4 is 17.3 Å². The van der Waals surface area contributed by atoms with Crippen molar-refractivity contribution < 1.29 is 0 Å². The predicted molar refractivity (Wildman–Crippen MR) is 84.3 cm³/mol. The van der Waals surface area contributed by atoms with Gasteiger partial charge in [-0.3, -0.25) is 4.99 Å². The van der Waals surface area contributed by atoms with E-state index in [1.165, 1.54) is 17.7 Å². The number of fused-ring (bicyclic) bond motifs is 1. The summed E-state index contributed by atoms with van der Waals surface area (Å²) in [6.45, 7) is 2.47.